The first-order valence-electron chi connectivity index (χ1n) is 8.59. The van der Waals surface area contributed by atoms with E-state index in [2.05, 4.69) is 24.1 Å². The van der Waals surface area contributed by atoms with E-state index in [-0.39, 0.29) is 12.3 Å². The average Bonchev–Trinajstić information content (AvgIpc) is 3.12. The van der Waals surface area contributed by atoms with E-state index in [0.717, 1.165) is 46.9 Å². The summed E-state index contributed by atoms with van der Waals surface area (Å²) in [6, 6.07) is 14.3. The fourth-order valence-electron chi connectivity index (χ4n) is 3.56. The van der Waals surface area contributed by atoms with Crippen molar-refractivity contribution < 1.29 is 14.2 Å². The molecule has 0 saturated heterocycles. The number of hydrazone groups is 1. The molecule has 0 N–H and O–H groups in total. The number of ether oxygens (including phenoxy) is 3. The van der Waals surface area contributed by atoms with Crippen LogP contribution in [0.15, 0.2) is 47.6 Å². The van der Waals surface area contributed by atoms with Gasteiger partial charge in [-0.2, -0.15) is 5.10 Å². The predicted octanol–water partition coefficient (Wildman–Crippen LogP) is 3.98. The van der Waals surface area contributed by atoms with E-state index in [1.807, 2.05) is 30.3 Å². The monoisotopic (exact) mass is 338 g/mol. The molecule has 0 amide bonds. The lowest BCUT2D eigenvalue weighted by molar-refractivity contribution is -0.0206. The van der Waals surface area contributed by atoms with Crippen LogP contribution in [0.3, 0.4) is 0 Å². The molecule has 2 atom stereocenters. The normalized spacial score (nSPS) is 21.1. The van der Waals surface area contributed by atoms with Gasteiger partial charge in [-0.1, -0.05) is 31.2 Å². The van der Waals surface area contributed by atoms with E-state index < -0.39 is 0 Å². The predicted molar refractivity (Wildman–Crippen MR) is 96.4 cm³/mol. The van der Waals surface area contributed by atoms with Crippen LogP contribution in [0.5, 0.6) is 17.2 Å². The summed E-state index contributed by atoms with van der Waals surface area (Å²) in [7, 11) is 3.36. The largest absolute Gasteiger partial charge is 0.497 e. The van der Waals surface area contributed by atoms with Gasteiger partial charge in [-0.15, -0.1) is 0 Å². The minimum atomic E-state index is -0.0862. The molecule has 2 aromatic rings. The maximum Gasteiger partial charge on any atom is 0.187 e. The van der Waals surface area contributed by atoms with Gasteiger partial charge in [-0.05, 0) is 18.2 Å². The maximum atomic E-state index is 6.22. The number of rotatable bonds is 4. The van der Waals surface area contributed by atoms with Crippen molar-refractivity contribution >= 4 is 5.71 Å². The van der Waals surface area contributed by atoms with Crippen LogP contribution < -0.4 is 14.2 Å². The standard InChI is InChI=1S/C20H22N2O3/c1-4-19-22-17(15-9-6-10-18(24-3)20(15)25-19)12-16(21-22)13-7-5-8-14(11-13)23-2/h5-11,17,19H,4,12H2,1-3H3/t17-,19-/m1/s1. The van der Waals surface area contributed by atoms with Crippen molar-refractivity contribution in [3.8, 4) is 17.2 Å². The number of fused-ring (bicyclic) bond motifs is 3. The lowest BCUT2D eigenvalue weighted by Gasteiger charge is -2.38. The van der Waals surface area contributed by atoms with E-state index in [1.165, 1.54) is 0 Å². The fourth-order valence-corrected chi connectivity index (χ4v) is 3.56. The summed E-state index contributed by atoms with van der Waals surface area (Å²) in [5, 5.41) is 6.98. The van der Waals surface area contributed by atoms with Crippen molar-refractivity contribution in [3.05, 3.63) is 53.6 Å². The molecule has 2 aliphatic rings. The molecule has 0 aromatic heterocycles. The second kappa shape index (κ2) is 6.31. The Hall–Kier alpha value is -2.69. The van der Waals surface area contributed by atoms with Crippen molar-refractivity contribution in [2.45, 2.75) is 32.0 Å². The zero-order valence-corrected chi connectivity index (χ0v) is 14.7. The number of nitrogens with zero attached hydrogens (tertiary/aromatic N) is 2. The van der Waals surface area contributed by atoms with Gasteiger partial charge < -0.3 is 14.2 Å². The summed E-state index contributed by atoms with van der Waals surface area (Å²) in [6.07, 6.45) is 1.60. The first kappa shape index (κ1) is 15.8. The topological polar surface area (TPSA) is 43.3 Å². The van der Waals surface area contributed by atoms with E-state index in [4.69, 9.17) is 19.3 Å². The highest BCUT2D eigenvalue weighted by Gasteiger charge is 2.40. The Morgan fingerprint density at radius 1 is 1.16 bits per heavy atom. The molecule has 0 radical (unpaired) electrons. The first-order chi connectivity index (χ1) is 12.2. The molecular formula is C20H22N2O3. The lowest BCUT2D eigenvalue weighted by atomic mass is 9.96. The minimum absolute atomic E-state index is 0.0862. The fraction of sp³-hybridized carbons (Fsp3) is 0.350. The molecule has 5 heteroatoms. The number of para-hydroxylation sites is 1. The summed E-state index contributed by atoms with van der Waals surface area (Å²) in [5.41, 5.74) is 3.28. The smallest absolute Gasteiger partial charge is 0.187 e. The zero-order chi connectivity index (χ0) is 17.4. The van der Waals surface area contributed by atoms with Gasteiger partial charge >= 0.3 is 0 Å². The van der Waals surface area contributed by atoms with Crippen molar-refractivity contribution in [1.29, 1.82) is 0 Å². The highest BCUT2D eigenvalue weighted by molar-refractivity contribution is 6.02. The van der Waals surface area contributed by atoms with Crippen molar-refractivity contribution in [2.24, 2.45) is 5.10 Å². The van der Waals surface area contributed by atoms with Crippen molar-refractivity contribution in [1.82, 2.24) is 5.01 Å². The van der Waals surface area contributed by atoms with Crippen LogP contribution in [0.25, 0.3) is 0 Å². The molecule has 0 spiro atoms. The van der Waals surface area contributed by atoms with Gasteiger partial charge in [0.1, 0.15) is 5.75 Å². The summed E-state index contributed by atoms with van der Waals surface area (Å²) < 4.78 is 17.1. The Labute approximate surface area is 147 Å². The van der Waals surface area contributed by atoms with Crippen LogP contribution in [0.1, 0.15) is 36.9 Å². The second-order valence-electron chi connectivity index (χ2n) is 6.24. The average molecular weight is 338 g/mol. The molecule has 2 aliphatic heterocycles. The van der Waals surface area contributed by atoms with Crippen LogP contribution in [0.4, 0.5) is 0 Å². The van der Waals surface area contributed by atoms with Crippen LogP contribution in [-0.2, 0) is 0 Å². The van der Waals surface area contributed by atoms with E-state index in [9.17, 15) is 0 Å². The van der Waals surface area contributed by atoms with Crippen LogP contribution in [-0.4, -0.2) is 31.2 Å². The zero-order valence-electron chi connectivity index (χ0n) is 14.7. The van der Waals surface area contributed by atoms with Gasteiger partial charge in [0.25, 0.3) is 0 Å². The van der Waals surface area contributed by atoms with Gasteiger partial charge in [-0.3, -0.25) is 5.01 Å². The van der Waals surface area contributed by atoms with E-state index in [0.29, 0.717) is 0 Å². The molecule has 0 aliphatic carbocycles. The maximum absolute atomic E-state index is 6.22. The number of hydrogen-bond acceptors (Lipinski definition) is 5. The minimum Gasteiger partial charge on any atom is -0.497 e. The number of hydrogen-bond donors (Lipinski definition) is 0. The number of methoxy groups -OCH3 is 2. The molecule has 4 rings (SSSR count). The van der Waals surface area contributed by atoms with Gasteiger partial charge in [0.2, 0.25) is 0 Å². The van der Waals surface area contributed by atoms with E-state index in [1.54, 1.807) is 14.2 Å². The Bertz CT molecular complexity index is 818. The second-order valence-corrected chi connectivity index (χ2v) is 6.24. The Morgan fingerprint density at radius 2 is 2.00 bits per heavy atom. The molecule has 2 aromatic carbocycles. The van der Waals surface area contributed by atoms with Gasteiger partial charge in [0, 0.05) is 24.0 Å². The molecule has 0 bridgehead atoms. The Morgan fingerprint density at radius 3 is 2.76 bits per heavy atom. The quantitative estimate of drug-likeness (QED) is 0.846. The third kappa shape index (κ3) is 2.60. The summed E-state index contributed by atoms with van der Waals surface area (Å²) in [6.45, 7) is 2.11. The third-order valence-electron chi connectivity index (χ3n) is 4.83. The molecule has 2 heterocycles. The van der Waals surface area contributed by atoms with Crippen LogP contribution >= 0.6 is 0 Å². The molecular weight excluding hydrogens is 316 g/mol. The van der Waals surface area contributed by atoms with Gasteiger partial charge in [-0.25, -0.2) is 0 Å². The molecule has 0 saturated carbocycles. The Kier molecular flexibility index (Phi) is 3.99. The van der Waals surface area contributed by atoms with Gasteiger partial charge in [0.15, 0.2) is 17.7 Å². The highest BCUT2D eigenvalue weighted by atomic mass is 16.5. The SMILES string of the molecule is CC[C@H]1Oc2c(OC)cccc2[C@H]2CC(c3cccc(OC)c3)=NN21. The molecule has 0 fully saturated rings. The highest BCUT2D eigenvalue weighted by Crippen LogP contribution is 2.47. The van der Waals surface area contributed by atoms with Crippen molar-refractivity contribution in [3.63, 3.8) is 0 Å². The third-order valence-corrected chi connectivity index (χ3v) is 4.83. The Balaban J connectivity index is 1.73. The summed E-state index contributed by atoms with van der Waals surface area (Å²) in [5.74, 6) is 2.47. The molecule has 0 unspecified atom stereocenters. The van der Waals surface area contributed by atoms with E-state index >= 15 is 0 Å². The first-order valence-corrected chi connectivity index (χ1v) is 8.59. The van der Waals surface area contributed by atoms with Crippen molar-refractivity contribution in [2.75, 3.05) is 14.2 Å². The molecule has 5 nitrogen and oxygen atoms in total. The molecule has 25 heavy (non-hydrogen) atoms. The summed E-state index contributed by atoms with van der Waals surface area (Å²) >= 11 is 0. The number of benzene rings is 2. The van der Waals surface area contributed by atoms with Crippen LogP contribution in [0, 0.1) is 0 Å². The lowest BCUT2D eigenvalue weighted by Crippen LogP contribution is -2.39. The summed E-state index contributed by atoms with van der Waals surface area (Å²) in [4.78, 5) is 0. The molecule has 130 valence electrons. The van der Waals surface area contributed by atoms with Crippen LogP contribution in [0.2, 0.25) is 0 Å². The van der Waals surface area contributed by atoms with Gasteiger partial charge in [0.05, 0.1) is 26.0 Å².